The predicted molar refractivity (Wildman–Crippen MR) is 105 cm³/mol. The maximum Gasteiger partial charge on any atom is 0.271 e. The highest BCUT2D eigenvalue weighted by molar-refractivity contribution is 6.30. The molecule has 2 aromatic carbocycles. The van der Waals surface area contributed by atoms with Crippen molar-refractivity contribution in [2.45, 2.75) is 13.3 Å². The van der Waals surface area contributed by atoms with Crippen molar-refractivity contribution in [1.82, 2.24) is 5.43 Å². The Morgan fingerprint density at radius 3 is 2.33 bits per heavy atom. The molecule has 2 N–H and O–H groups in total. The van der Waals surface area contributed by atoms with E-state index in [1.54, 1.807) is 49.4 Å². The fourth-order valence-electron chi connectivity index (χ4n) is 2.20. The van der Waals surface area contributed by atoms with Crippen LogP contribution in [0.4, 0.5) is 5.69 Å². The molecule has 0 radical (unpaired) electrons. The molecule has 0 saturated heterocycles. The average molecular weight is 390 g/mol. The van der Waals surface area contributed by atoms with Crippen LogP contribution in [0, 0.1) is 0 Å². The number of halogens is 1. The van der Waals surface area contributed by atoms with E-state index in [1.165, 1.54) is 14.2 Å². The zero-order chi connectivity index (χ0) is 19.8. The van der Waals surface area contributed by atoms with Crippen molar-refractivity contribution in [3.8, 4) is 11.5 Å². The molecule has 0 atom stereocenters. The van der Waals surface area contributed by atoms with Crippen molar-refractivity contribution in [3.63, 3.8) is 0 Å². The van der Waals surface area contributed by atoms with Gasteiger partial charge in [-0.1, -0.05) is 11.6 Å². The quantitative estimate of drug-likeness (QED) is 0.560. The fourth-order valence-corrected chi connectivity index (χ4v) is 2.32. The Kier molecular flexibility index (Phi) is 7.19. The number of nitrogens with zero attached hydrogens (tertiary/aromatic N) is 1. The van der Waals surface area contributed by atoms with Crippen molar-refractivity contribution < 1.29 is 19.1 Å². The van der Waals surface area contributed by atoms with Crippen LogP contribution < -0.4 is 20.2 Å². The molecule has 0 spiro atoms. The van der Waals surface area contributed by atoms with Crippen molar-refractivity contribution in [2.24, 2.45) is 5.10 Å². The van der Waals surface area contributed by atoms with Crippen LogP contribution in [0.2, 0.25) is 5.02 Å². The van der Waals surface area contributed by atoms with Crippen LogP contribution in [-0.4, -0.2) is 31.7 Å². The smallest absolute Gasteiger partial charge is 0.271 e. The van der Waals surface area contributed by atoms with Crippen LogP contribution in [0.1, 0.15) is 23.7 Å². The Morgan fingerprint density at radius 2 is 1.70 bits per heavy atom. The number of hydrazone groups is 1. The third-order valence-electron chi connectivity index (χ3n) is 3.54. The van der Waals surface area contributed by atoms with Gasteiger partial charge in [0.2, 0.25) is 5.91 Å². The summed E-state index contributed by atoms with van der Waals surface area (Å²) in [5.74, 6) is 0.285. The number of anilines is 1. The minimum Gasteiger partial charge on any atom is -0.493 e. The molecule has 0 fully saturated rings. The first-order valence-corrected chi connectivity index (χ1v) is 8.41. The molecule has 2 amide bonds. The number of ether oxygens (including phenoxy) is 2. The van der Waals surface area contributed by atoms with Crippen LogP contribution in [0.25, 0.3) is 0 Å². The van der Waals surface area contributed by atoms with E-state index < -0.39 is 5.91 Å². The van der Waals surface area contributed by atoms with Crippen LogP contribution in [0.3, 0.4) is 0 Å². The lowest BCUT2D eigenvalue weighted by atomic mass is 10.2. The number of amides is 2. The summed E-state index contributed by atoms with van der Waals surface area (Å²) in [6, 6.07) is 11.5. The van der Waals surface area contributed by atoms with Gasteiger partial charge >= 0.3 is 0 Å². The Bertz CT molecular complexity index is 851. The van der Waals surface area contributed by atoms with Gasteiger partial charge in [0.1, 0.15) is 0 Å². The Hall–Kier alpha value is -3.06. The third kappa shape index (κ3) is 6.00. The monoisotopic (exact) mass is 389 g/mol. The average Bonchev–Trinajstić information content (AvgIpc) is 2.67. The molecule has 0 aliphatic heterocycles. The van der Waals surface area contributed by atoms with E-state index in [4.69, 9.17) is 21.1 Å². The lowest BCUT2D eigenvalue weighted by Gasteiger charge is -2.09. The zero-order valence-electron chi connectivity index (χ0n) is 15.2. The standard InChI is InChI=1S/C19H20ClN3O4/c1-12(10-18(24)21-15-7-5-14(20)6-8-15)22-23-19(25)13-4-9-16(26-2)17(11-13)27-3/h4-9,11H,10H2,1-3H3,(H,21,24)(H,23,25)/b22-12-. The Labute approximate surface area is 162 Å². The van der Waals surface area contributed by atoms with Gasteiger partial charge in [0.25, 0.3) is 5.91 Å². The van der Waals surface area contributed by atoms with Crippen LogP contribution in [0.5, 0.6) is 11.5 Å². The number of hydrogen-bond donors (Lipinski definition) is 2. The first-order valence-electron chi connectivity index (χ1n) is 8.04. The summed E-state index contributed by atoms with van der Waals surface area (Å²) in [5, 5.41) is 7.27. The SMILES string of the molecule is COc1ccc(C(=O)N/N=C(/C)CC(=O)Nc2ccc(Cl)cc2)cc1OC. The van der Waals surface area contributed by atoms with Gasteiger partial charge in [-0.2, -0.15) is 5.10 Å². The highest BCUT2D eigenvalue weighted by Gasteiger charge is 2.11. The van der Waals surface area contributed by atoms with Gasteiger partial charge in [0.15, 0.2) is 11.5 Å². The van der Waals surface area contributed by atoms with Crippen molar-refractivity contribution in [1.29, 1.82) is 0 Å². The number of benzene rings is 2. The van der Waals surface area contributed by atoms with E-state index in [2.05, 4.69) is 15.8 Å². The first kappa shape index (κ1) is 20.3. The van der Waals surface area contributed by atoms with Gasteiger partial charge < -0.3 is 14.8 Å². The van der Waals surface area contributed by atoms with E-state index in [0.29, 0.717) is 33.5 Å². The summed E-state index contributed by atoms with van der Waals surface area (Å²) < 4.78 is 10.3. The molecule has 0 heterocycles. The number of rotatable bonds is 7. The van der Waals surface area contributed by atoms with Crippen LogP contribution in [0.15, 0.2) is 47.6 Å². The van der Waals surface area contributed by atoms with Crippen molar-refractivity contribution >= 4 is 34.8 Å². The van der Waals surface area contributed by atoms with Gasteiger partial charge in [-0.15, -0.1) is 0 Å². The number of carbonyl (C=O) groups excluding carboxylic acids is 2. The molecule has 0 unspecified atom stereocenters. The molecule has 0 aliphatic carbocycles. The van der Waals surface area contributed by atoms with Gasteiger partial charge in [0.05, 0.1) is 20.6 Å². The van der Waals surface area contributed by atoms with Crippen molar-refractivity contribution in [2.75, 3.05) is 19.5 Å². The van der Waals surface area contributed by atoms with E-state index in [1.807, 2.05) is 0 Å². The van der Waals surface area contributed by atoms with E-state index in [-0.39, 0.29) is 12.3 Å². The zero-order valence-corrected chi connectivity index (χ0v) is 16.0. The summed E-state index contributed by atoms with van der Waals surface area (Å²) in [7, 11) is 3.00. The molecular formula is C19H20ClN3O4. The molecule has 0 aromatic heterocycles. The molecule has 0 bridgehead atoms. The Morgan fingerprint density at radius 1 is 1.04 bits per heavy atom. The number of hydrogen-bond acceptors (Lipinski definition) is 5. The maximum absolute atomic E-state index is 12.2. The van der Waals surface area contributed by atoms with E-state index >= 15 is 0 Å². The molecule has 7 nitrogen and oxygen atoms in total. The summed E-state index contributed by atoms with van der Waals surface area (Å²) >= 11 is 5.80. The lowest BCUT2D eigenvalue weighted by Crippen LogP contribution is -2.21. The van der Waals surface area contributed by atoms with E-state index in [9.17, 15) is 9.59 Å². The molecule has 27 heavy (non-hydrogen) atoms. The molecule has 2 aromatic rings. The largest absolute Gasteiger partial charge is 0.493 e. The Balaban J connectivity index is 1.93. The van der Waals surface area contributed by atoms with Crippen LogP contribution >= 0.6 is 11.6 Å². The minimum atomic E-state index is -0.423. The number of nitrogens with one attached hydrogen (secondary N) is 2. The highest BCUT2D eigenvalue weighted by atomic mass is 35.5. The topological polar surface area (TPSA) is 89.0 Å². The first-order chi connectivity index (χ1) is 12.9. The van der Waals surface area contributed by atoms with Gasteiger partial charge in [0, 0.05) is 22.0 Å². The summed E-state index contributed by atoms with van der Waals surface area (Å²) in [4.78, 5) is 24.2. The number of carbonyl (C=O) groups is 2. The predicted octanol–water partition coefficient (Wildman–Crippen LogP) is 3.49. The normalized spacial score (nSPS) is 10.9. The minimum absolute atomic E-state index is 0.0365. The molecular weight excluding hydrogens is 370 g/mol. The molecule has 8 heteroatoms. The second kappa shape index (κ2) is 9.59. The van der Waals surface area contributed by atoms with E-state index in [0.717, 1.165) is 0 Å². The number of methoxy groups -OCH3 is 2. The third-order valence-corrected chi connectivity index (χ3v) is 3.79. The summed E-state index contributed by atoms with van der Waals surface area (Å²) in [6.45, 7) is 1.65. The molecule has 2 rings (SSSR count). The highest BCUT2D eigenvalue weighted by Crippen LogP contribution is 2.27. The van der Waals surface area contributed by atoms with Crippen LogP contribution in [-0.2, 0) is 4.79 Å². The maximum atomic E-state index is 12.2. The van der Waals surface area contributed by atoms with Gasteiger partial charge in [-0.25, -0.2) is 5.43 Å². The fraction of sp³-hybridized carbons (Fsp3) is 0.211. The molecule has 142 valence electrons. The van der Waals surface area contributed by atoms with Gasteiger partial charge in [-0.3, -0.25) is 9.59 Å². The summed E-state index contributed by atoms with van der Waals surface area (Å²) in [6.07, 6.45) is 0.0365. The second-order valence-electron chi connectivity index (χ2n) is 5.59. The van der Waals surface area contributed by atoms with Gasteiger partial charge in [-0.05, 0) is 49.4 Å². The lowest BCUT2D eigenvalue weighted by molar-refractivity contribution is -0.115. The second-order valence-corrected chi connectivity index (χ2v) is 6.03. The van der Waals surface area contributed by atoms with Crippen molar-refractivity contribution in [3.05, 3.63) is 53.1 Å². The summed E-state index contributed by atoms with van der Waals surface area (Å²) in [5.41, 5.74) is 3.86. The molecule has 0 saturated carbocycles. The molecule has 0 aliphatic rings.